The van der Waals surface area contributed by atoms with Crippen molar-refractivity contribution in [3.63, 3.8) is 0 Å². The van der Waals surface area contributed by atoms with Crippen molar-refractivity contribution in [1.82, 2.24) is 0 Å². The fraction of sp³-hybridized carbons (Fsp3) is 0. The molecule has 0 bridgehead atoms. The van der Waals surface area contributed by atoms with Crippen molar-refractivity contribution in [3.8, 4) is 32.9 Å². The van der Waals surface area contributed by atoms with Crippen LogP contribution in [0.15, 0.2) is 231 Å². The van der Waals surface area contributed by atoms with E-state index < -0.39 is 15.1 Å². The molecule has 296 valence electrons. The Morgan fingerprint density at radius 3 is 1.34 bits per heavy atom. The van der Waals surface area contributed by atoms with Crippen molar-refractivity contribution in [2.24, 2.45) is 0 Å². The first-order chi connectivity index (χ1) is 31.7. The van der Waals surface area contributed by atoms with Gasteiger partial charge < -0.3 is 0 Å². The van der Waals surface area contributed by atoms with Crippen molar-refractivity contribution in [3.05, 3.63) is 231 Å². The number of benzene rings is 12. The molecule has 0 radical (unpaired) electrons. The number of hydrogen-bond acceptors (Lipinski definition) is 0. The van der Waals surface area contributed by atoms with E-state index in [-0.39, 0.29) is 0 Å². The van der Waals surface area contributed by atoms with E-state index in [0.29, 0.717) is 0 Å². The van der Waals surface area contributed by atoms with Gasteiger partial charge in [0.05, 0.1) is 0 Å². The molecule has 0 N–H and O–H groups in total. The normalized spacial score (nSPS) is 12.6. The van der Waals surface area contributed by atoms with Crippen LogP contribution in [0.25, 0.3) is 129 Å². The summed E-state index contributed by atoms with van der Waals surface area (Å²) in [7, 11) is -1.39. The van der Waals surface area contributed by atoms with E-state index in [0.717, 1.165) is 0 Å². The number of hydrogen-bond donors (Lipinski definition) is 0. The molecule has 0 spiro atoms. The molecule has 0 aliphatic rings. The van der Waals surface area contributed by atoms with Crippen LogP contribution in [0.4, 0.5) is 0 Å². The summed E-state index contributed by atoms with van der Waals surface area (Å²) < 4.78 is 0. The fourth-order valence-electron chi connectivity index (χ4n) is 11.0. The van der Waals surface area contributed by atoms with Gasteiger partial charge in [-0.15, -0.1) is 0 Å². The van der Waals surface area contributed by atoms with Gasteiger partial charge >= 0.3 is 0 Å². The molecule has 0 fully saturated rings. The molecule has 2 heterocycles. The average Bonchev–Trinajstić information content (AvgIpc) is 3.87. The first-order valence-electron chi connectivity index (χ1n) is 22.2. The molecule has 0 aliphatic heterocycles. The molecule has 0 aliphatic carbocycles. The van der Waals surface area contributed by atoms with Gasteiger partial charge in [0.25, 0.3) is 0 Å². The first-order valence-corrected chi connectivity index (χ1v) is 24.9. The van der Waals surface area contributed by atoms with E-state index in [1.807, 2.05) is 0 Å². The van der Waals surface area contributed by atoms with Crippen molar-refractivity contribution in [2.45, 2.75) is 0 Å². The quantitative estimate of drug-likeness (QED) is 0.155. The largest absolute Gasteiger partial charge is 0.0772 e. The molecule has 14 rings (SSSR count). The molecule has 64 heavy (non-hydrogen) atoms. The highest BCUT2D eigenvalue weighted by Gasteiger charge is 2.20. The highest BCUT2D eigenvalue weighted by molar-refractivity contribution is 7.68. The van der Waals surface area contributed by atoms with E-state index in [4.69, 9.17) is 0 Å². The van der Waals surface area contributed by atoms with Crippen molar-refractivity contribution in [1.29, 1.82) is 0 Å². The Labute approximate surface area is 372 Å². The lowest BCUT2D eigenvalue weighted by Crippen LogP contribution is -1.89. The predicted molar refractivity (Wildman–Crippen MR) is 283 cm³/mol. The molecule has 0 amide bonds. The molecule has 14 aromatic rings. The molecule has 2 aromatic heterocycles. The van der Waals surface area contributed by atoms with Crippen LogP contribution in [-0.4, -0.2) is 0 Å². The minimum Gasteiger partial charge on any atom is -0.0772 e. The molecule has 2 atom stereocenters. The monoisotopic (exact) mass is 844 g/mol. The third kappa shape index (κ3) is 5.31. The maximum Gasteiger partial charge on any atom is 0.00689 e. The second-order valence-corrected chi connectivity index (χ2v) is 21.5. The summed E-state index contributed by atoms with van der Waals surface area (Å²) in [4.78, 5) is 0. The Morgan fingerprint density at radius 1 is 0.234 bits per heavy atom. The predicted octanol–water partition coefficient (Wildman–Crippen LogP) is 19.4. The average molecular weight is 845 g/mol. The van der Waals surface area contributed by atoms with Crippen molar-refractivity contribution >= 4 is 111 Å². The van der Waals surface area contributed by atoms with Crippen LogP contribution in [0.3, 0.4) is 0 Å². The molecule has 0 saturated heterocycles. The second kappa shape index (κ2) is 14.0. The van der Waals surface area contributed by atoms with Crippen LogP contribution < -0.4 is 0 Å². The Balaban J connectivity index is 0.991. The van der Waals surface area contributed by atoms with Crippen molar-refractivity contribution < 1.29 is 0 Å². The van der Waals surface area contributed by atoms with E-state index in [1.165, 1.54) is 129 Å². The minimum absolute atomic E-state index is 0.681. The second-order valence-electron chi connectivity index (χ2n) is 17.2. The van der Waals surface area contributed by atoms with Crippen molar-refractivity contribution in [2.75, 3.05) is 0 Å². The standard InChI is InChI=1S/C62H38P2/c1-2-16-41-34-45(31-28-39(41)14-1)63-58-25-11-9-21-49(58)55-35-42(29-32-60(55)63)53-37-44-38-54(48-20-6-8-24-52(48)62(44)51-23-7-5-19-47(51)53)43-30-33-61-56(36-43)50-22-10-12-26-59(50)64(61)57-27-13-17-40-15-3-4-18-46(40)57/h1-38H. The SMILES string of the molecule is c1ccc2cc(-p3c4ccccc4c4cc(-c5cc6cc(-c7ccc8c(c7)c7ccccc7p8-c7cccc8ccccc78)c7ccccc7c6c6ccccc56)ccc43)ccc2c1. The summed E-state index contributed by atoms with van der Waals surface area (Å²) in [5, 5.41) is 27.0. The summed E-state index contributed by atoms with van der Waals surface area (Å²) in [6, 6.07) is 87.4. The van der Waals surface area contributed by atoms with Gasteiger partial charge in [-0.3, -0.25) is 0 Å². The zero-order valence-corrected chi connectivity index (χ0v) is 36.6. The van der Waals surface area contributed by atoms with Gasteiger partial charge in [0.15, 0.2) is 0 Å². The van der Waals surface area contributed by atoms with Gasteiger partial charge in [0, 0.05) is 25.8 Å². The third-order valence-corrected chi connectivity index (χ3v) is 19.0. The Morgan fingerprint density at radius 2 is 0.703 bits per heavy atom. The molecule has 0 nitrogen and oxygen atoms in total. The smallest absolute Gasteiger partial charge is 0.00689 e. The molecule has 2 unspecified atom stereocenters. The zero-order valence-electron chi connectivity index (χ0n) is 34.8. The van der Waals surface area contributed by atoms with Gasteiger partial charge in [0.1, 0.15) is 0 Å². The minimum atomic E-state index is -0.707. The van der Waals surface area contributed by atoms with Crippen LogP contribution in [0.5, 0.6) is 0 Å². The molecular weight excluding hydrogens is 807 g/mol. The Hall–Kier alpha value is -7.46. The summed E-state index contributed by atoms with van der Waals surface area (Å²) in [5.74, 6) is 0. The lowest BCUT2D eigenvalue weighted by molar-refractivity contribution is 1.71. The summed E-state index contributed by atoms with van der Waals surface area (Å²) in [6.07, 6.45) is 0. The lowest BCUT2D eigenvalue weighted by atomic mass is 9.87. The van der Waals surface area contributed by atoms with E-state index >= 15 is 0 Å². The zero-order chi connectivity index (χ0) is 41.9. The summed E-state index contributed by atoms with van der Waals surface area (Å²) in [5.41, 5.74) is 5.06. The third-order valence-electron chi connectivity index (χ3n) is 13.8. The first kappa shape index (κ1) is 36.1. The summed E-state index contributed by atoms with van der Waals surface area (Å²) in [6.45, 7) is 0. The van der Waals surface area contributed by atoms with Gasteiger partial charge in [-0.2, -0.15) is 0 Å². The lowest BCUT2D eigenvalue weighted by Gasteiger charge is -2.16. The molecule has 2 heteroatoms. The number of rotatable bonds is 4. The van der Waals surface area contributed by atoms with Crippen LogP contribution in [0.1, 0.15) is 0 Å². The van der Waals surface area contributed by atoms with E-state index in [9.17, 15) is 0 Å². The maximum atomic E-state index is 2.49. The summed E-state index contributed by atoms with van der Waals surface area (Å²) >= 11 is 0. The number of fused-ring (bicyclic) bond motifs is 13. The highest BCUT2D eigenvalue weighted by atomic mass is 31.1. The van der Waals surface area contributed by atoms with Crippen LogP contribution in [-0.2, 0) is 0 Å². The molecule has 12 aromatic carbocycles. The molecular formula is C62H38P2. The van der Waals surface area contributed by atoms with Crippen LogP contribution in [0.2, 0.25) is 0 Å². The topological polar surface area (TPSA) is 0 Å². The highest BCUT2D eigenvalue weighted by Crippen LogP contribution is 2.58. The van der Waals surface area contributed by atoms with Crippen LogP contribution in [0, 0.1) is 0 Å². The molecule has 0 saturated carbocycles. The van der Waals surface area contributed by atoms with Gasteiger partial charge in [0.2, 0.25) is 0 Å². The van der Waals surface area contributed by atoms with E-state index in [1.54, 1.807) is 0 Å². The Bertz CT molecular complexity index is 4250. The van der Waals surface area contributed by atoms with Gasteiger partial charge in [-0.1, -0.05) is 197 Å². The van der Waals surface area contributed by atoms with Crippen LogP contribution >= 0.6 is 15.1 Å². The van der Waals surface area contributed by atoms with Gasteiger partial charge in [-0.25, -0.2) is 0 Å². The van der Waals surface area contributed by atoms with E-state index in [2.05, 4.69) is 231 Å². The fourth-order valence-corrected chi connectivity index (χ4v) is 16.4. The Kier molecular flexibility index (Phi) is 7.90. The maximum absolute atomic E-state index is 2.49. The van der Waals surface area contributed by atoms with Gasteiger partial charge in [-0.05, 0) is 151 Å².